The summed E-state index contributed by atoms with van der Waals surface area (Å²) in [4.78, 5) is 25.4. The summed E-state index contributed by atoms with van der Waals surface area (Å²) in [7, 11) is 0. The molecule has 0 aromatic heterocycles. The number of benzene rings is 3. The molecule has 148 valence electrons. The van der Waals surface area contributed by atoms with Crippen molar-refractivity contribution in [2.45, 2.75) is 16.7 Å². The van der Waals surface area contributed by atoms with Gasteiger partial charge in [0.1, 0.15) is 6.29 Å². The Morgan fingerprint density at radius 1 is 0.966 bits per heavy atom. The second-order valence-electron chi connectivity index (χ2n) is 6.01. The molecule has 6 heteroatoms. The van der Waals surface area contributed by atoms with Crippen LogP contribution in [-0.2, 0) is 4.79 Å². The summed E-state index contributed by atoms with van der Waals surface area (Å²) in [5.74, 6) is 0.567. The first-order chi connectivity index (χ1) is 14.2. The van der Waals surface area contributed by atoms with E-state index >= 15 is 0 Å². The van der Waals surface area contributed by atoms with Crippen LogP contribution in [0.15, 0.2) is 82.6 Å². The van der Waals surface area contributed by atoms with Crippen molar-refractivity contribution in [1.29, 1.82) is 0 Å². The van der Waals surface area contributed by atoms with Crippen molar-refractivity contribution < 1.29 is 19.1 Å². The molecule has 0 unspecified atom stereocenters. The van der Waals surface area contributed by atoms with Gasteiger partial charge in [-0.3, -0.25) is 9.59 Å². The first-order valence-electron chi connectivity index (χ1n) is 9.16. The highest BCUT2D eigenvalue weighted by Gasteiger charge is 2.11. The lowest BCUT2D eigenvalue weighted by atomic mass is 10.2. The second kappa shape index (κ2) is 10.3. The zero-order chi connectivity index (χ0) is 20.5. The van der Waals surface area contributed by atoms with E-state index in [0.29, 0.717) is 23.7 Å². The van der Waals surface area contributed by atoms with Crippen molar-refractivity contribution in [2.75, 3.05) is 18.5 Å². The minimum atomic E-state index is -0.284. The predicted octanol–water partition coefficient (Wildman–Crippen LogP) is 5.07. The van der Waals surface area contributed by atoms with Crippen LogP contribution in [0.2, 0.25) is 0 Å². The average molecular weight is 407 g/mol. The number of para-hydroxylation sites is 1. The van der Waals surface area contributed by atoms with Gasteiger partial charge < -0.3 is 14.8 Å². The third-order valence-corrected chi connectivity index (χ3v) is 4.98. The molecule has 0 bridgehead atoms. The number of hydrogen-bond acceptors (Lipinski definition) is 5. The molecule has 3 aromatic carbocycles. The molecule has 1 amide bonds. The average Bonchev–Trinajstić information content (AvgIpc) is 2.75. The van der Waals surface area contributed by atoms with Gasteiger partial charge in [-0.2, -0.15) is 0 Å². The van der Waals surface area contributed by atoms with Crippen LogP contribution in [0.5, 0.6) is 11.5 Å². The van der Waals surface area contributed by atoms with Crippen LogP contribution in [-0.4, -0.2) is 25.4 Å². The number of anilines is 1. The summed E-state index contributed by atoms with van der Waals surface area (Å²) in [6, 6.07) is 22.4. The predicted molar refractivity (Wildman–Crippen MR) is 114 cm³/mol. The van der Waals surface area contributed by atoms with Crippen LogP contribution in [0.3, 0.4) is 0 Å². The lowest BCUT2D eigenvalue weighted by Crippen LogP contribution is -2.20. The zero-order valence-corrected chi connectivity index (χ0v) is 16.8. The fourth-order valence-electron chi connectivity index (χ4n) is 2.59. The van der Waals surface area contributed by atoms with Crippen LogP contribution < -0.4 is 14.8 Å². The maximum Gasteiger partial charge on any atom is 0.262 e. The van der Waals surface area contributed by atoms with Gasteiger partial charge in [0.25, 0.3) is 5.91 Å². The van der Waals surface area contributed by atoms with Crippen molar-refractivity contribution in [3.05, 3.63) is 78.4 Å². The Labute approximate surface area is 174 Å². The standard InChI is InChI=1S/C23H21NO4S/c1-2-27-21-14-17(15-25)12-13-20(21)28-16-23(26)24-19-10-6-7-11-22(19)29-18-8-4-3-5-9-18/h3-15H,2,16H2,1H3,(H,24,26). The van der Waals surface area contributed by atoms with Gasteiger partial charge in [-0.15, -0.1) is 0 Å². The maximum atomic E-state index is 12.4. The molecular formula is C23H21NO4S. The monoisotopic (exact) mass is 407 g/mol. The first-order valence-corrected chi connectivity index (χ1v) is 9.98. The van der Waals surface area contributed by atoms with E-state index in [2.05, 4.69) is 5.32 Å². The molecule has 0 aliphatic rings. The van der Waals surface area contributed by atoms with Gasteiger partial charge in [-0.1, -0.05) is 42.1 Å². The van der Waals surface area contributed by atoms with E-state index in [-0.39, 0.29) is 12.5 Å². The normalized spacial score (nSPS) is 10.2. The van der Waals surface area contributed by atoms with Crippen LogP contribution >= 0.6 is 11.8 Å². The Balaban J connectivity index is 1.65. The van der Waals surface area contributed by atoms with E-state index in [1.165, 1.54) is 0 Å². The number of rotatable bonds is 9. The van der Waals surface area contributed by atoms with Gasteiger partial charge in [-0.25, -0.2) is 0 Å². The number of aldehydes is 1. The van der Waals surface area contributed by atoms with Crippen LogP contribution in [0.4, 0.5) is 5.69 Å². The number of carbonyl (C=O) groups excluding carboxylic acids is 2. The first kappa shape index (κ1) is 20.5. The van der Waals surface area contributed by atoms with Gasteiger partial charge in [0.05, 0.1) is 12.3 Å². The van der Waals surface area contributed by atoms with Gasteiger partial charge in [0.2, 0.25) is 0 Å². The fourth-order valence-corrected chi connectivity index (χ4v) is 3.51. The van der Waals surface area contributed by atoms with E-state index in [1.54, 1.807) is 30.0 Å². The molecule has 0 spiro atoms. The molecule has 0 heterocycles. The summed E-state index contributed by atoms with van der Waals surface area (Å²) in [6.45, 7) is 2.09. The highest BCUT2D eigenvalue weighted by Crippen LogP contribution is 2.33. The highest BCUT2D eigenvalue weighted by molar-refractivity contribution is 7.99. The van der Waals surface area contributed by atoms with Crippen LogP contribution in [0.25, 0.3) is 0 Å². The Hall–Kier alpha value is -3.25. The molecule has 5 nitrogen and oxygen atoms in total. The van der Waals surface area contributed by atoms with Gasteiger partial charge in [0, 0.05) is 15.4 Å². The minimum absolute atomic E-state index is 0.176. The van der Waals surface area contributed by atoms with Gasteiger partial charge in [-0.05, 0) is 49.4 Å². The summed E-state index contributed by atoms with van der Waals surface area (Å²) < 4.78 is 11.1. The van der Waals surface area contributed by atoms with E-state index in [1.807, 2.05) is 61.5 Å². The molecule has 3 rings (SSSR count). The lowest BCUT2D eigenvalue weighted by Gasteiger charge is -2.13. The highest BCUT2D eigenvalue weighted by atomic mass is 32.2. The zero-order valence-electron chi connectivity index (χ0n) is 16.0. The fraction of sp³-hybridized carbons (Fsp3) is 0.130. The van der Waals surface area contributed by atoms with Crippen molar-refractivity contribution >= 4 is 29.6 Å². The molecule has 29 heavy (non-hydrogen) atoms. The Kier molecular flexibility index (Phi) is 7.30. The Bertz CT molecular complexity index is 976. The topological polar surface area (TPSA) is 64.6 Å². The summed E-state index contributed by atoms with van der Waals surface area (Å²) in [5.41, 5.74) is 1.20. The smallest absolute Gasteiger partial charge is 0.262 e. The van der Waals surface area contributed by atoms with Crippen LogP contribution in [0, 0.1) is 0 Å². The van der Waals surface area contributed by atoms with Crippen molar-refractivity contribution in [3.8, 4) is 11.5 Å². The van der Waals surface area contributed by atoms with E-state index in [9.17, 15) is 9.59 Å². The molecule has 0 atom stereocenters. The molecular weight excluding hydrogens is 386 g/mol. The molecule has 0 aliphatic carbocycles. The number of hydrogen-bond donors (Lipinski definition) is 1. The quantitative estimate of drug-likeness (QED) is 0.502. The van der Waals surface area contributed by atoms with E-state index < -0.39 is 0 Å². The van der Waals surface area contributed by atoms with E-state index in [0.717, 1.165) is 21.8 Å². The maximum absolute atomic E-state index is 12.4. The summed E-state index contributed by atoms with van der Waals surface area (Å²) in [5, 5.41) is 2.89. The molecule has 3 aromatic rings. The van der Waals surface area contributed by atoms with E-state index in [4.69, 9.17) is 9.47 Å². The molecule has 0 saturated heterocycles. The summed E-state index contributed by atoms with van der Waals surface area (Å²) in [6.07, 6.45) is 0.736. The molecule has 0 saturated carbocycles. The number of carbonyl (C=O) groups is 2. The van der Waals surface area contributed by atoms with Crippen molar-refractivity contribution in [3.63, 3.8) is 0 Å². The molecule has 0 fully saturated rings. The lowest BCUT2D eigenvalue weighted by molar-refractivity contribution is -0.118. The van der Waals surface area contributed by atoms with Crippen molar-refractivity contribution in [1.82, 2.24) is 0 Å². The Morgan fingerprint density at radius 2 is 1.72 bits per heavy atom. The minimum Gasteiger partial charge on any atom is -0.490 e. The largest absolute Gasteiger partial charge is 0.490 e. The van der Waals surface area contributed by atoms with Gasteiger partial charge in [0.15, 0.2) is 18.1 Å². The SMILES string of the molecule is CCOc1cc(C=O)ccc1OCC(=O)Nc1ccccc1Sc1ccccc1. The van der Waals surface area contributed by atoms with Crippen LogP contribution in [0.1, 0.15) is 17.3 Å². The molecule has 1 N–H and O–H groups in total. The summed E-state index contributed by atoms with van der Waals surface area (Å²) >= 11 is 1.58. The number of nitrogens with one attached hydrogen (secondary N) is 1. The molecule has 0 radical (unpaired) electrons. The number of ether oxygens (including phenoxy) is 2. The third-order valence-electron chi connectivity index (χ3n) is 3.89. The third kappa shape index (κ3) is 5.86. The molecule has 0 aliphatic heterocycles. The second-order valence-corrected chi connectivity index (χ2v) is 7.12. The van der Waals surface area contributed by atoms with Gasteiger partial charge >= 0.3 is 0 Å². The Morgan fingerprint density at radius 3 is 2.48 bits per heavy atom. The van der Waals surface area contributed by atoms with Crippen molar-refractivity contribution in [2.24, 2.45) is 0 Å². The number of amides is 1.